The minimum atomic E-state index is -1.17. The fourth-order valence-electron chi connectivity index (χ4n) is 6.11. The van der Waals surface area contributed by atoms with Crippen LogP contribution in [0.3, 0.4) is 0 Å². The Bertz CT molecular complexity index is 620. The first-order valence-electron chi connectivity index (χ1n) is 12.6. The van der Waals surface area contributed by atoms with Gasteiger partial charge < -0.3 is 9.47 Å². The fraction of sp³-hybridized carbons (Fsp3) is 0.852. The summed E-state index contributed by atoms with van der Waals surface area (Å²) in [5.41, 5.74) is -1.17. The predicted molar refractivity (Wildman–Crippen MR) is 123 cm³/mol. The highest BCUT2D eigenvalue weighted by atomic mass is 16.6. The van der Waals surface area contributed by atoms with Crippen molar-refractivity contribution in [2.45, 2.75) is 98.7 Å². The standard InChI is InChI=1S/C27H44O4/c1-8-20-15-27(20,25(28)30-23-13-18(6)9-11-21(23)16(2)3)26(29)31-24-14-19(7)10-12-22(24)17(4)5/h8,16-24H,1,9-15H2,2-7H3/t18-,19-,20+,21+,22+,23-,24-/m1/s1. The smallest absolute Gasteiger partial charge is 0.324 e. The Morgan fingerprint density at radius 1 is 0.839 bits per heavy atom. The van der Waals surface area contributed by atoms with Gasteiger partial charge in [-0.3, -0.25) is 9.59 Å². The number of rotatable bonds is 7. The van der Waals surface area contributed by atoms with Crippen LogP contribution in [0.1, 0.15) is 86.5 Å². The lowest BCUT2D eigenvalue weighted by Gasteiger charge is -2.38. The number of carbonyl (C=O) groups is 2. The number of allylic oxidation sites excluding steroid dienone is 1. The Morgan fingerprint density at radius 2 is 1.26 bits per heavy atom. The second kappa shape index (κ2) is 9.67. The van der Waals surface area contributed by atoms with E-state index in [2.05, 4.69) is 48.1 Å². The molecule has 176 valence electrons. The lowest BCUT2D eigenvalue weighted by atomic mass is 9.75. The van der Waals surface area contributed by atoms with E-state index < -0.39 is 5.41 Å². The summed E-state index contributed by atoms with van der Waals surface area (Å²) in [5, 5.41) is 0. The quantitative estimate of drug-likeness (QED) is 0.273. The zero-order valence-corrected chi connectivity index (χ0v) is 20.6. The predicted octanol–water partition coefficient (Wildman–Crippen LogP) is 6.19. The topological polar surface area (TPSA) is 52.6 Å². The molecule has 0 amide bonds. The molecule has 0 aliphatic heterocycles. The van der Waals surface area contributed by atoms with E-state index in [1.54, 1.807) is 6.08 Å². The molecule has 4 nitrogen and oxygen atoms in total. The maximum Gasteiger partial charge on any atom is 0.324 e. The number of hydrogen-bond acceptors (Lipinski definition) is 4. The van der Waals surface area contributed by atoms with Crippen molar-refractivity contribution in [2.24, 2.45) is 46.8 Å². The van der Waals surface area contributed by atoms with Gasteiger partial charge in [0.2, 0.25) is 0 Å². The largest absolute Gasteiger partial charge is 0.461 e. The summed E-state index contributed by atoms with van der Waals surface area (Å²) in [6.07, 6.45) is 8.26. The monoisotopic (exact) mass is 432 g/mol. The molecule has 7 atom stereocenters. The lowest BCUT2D eigenvalue weighted by Crippen LogP contribution is -2.43. The summed E-state index contributed by atoms with van der Waals surface area (Å²) < 4.78 is 12.2. The minimum Gasteiger partial charge on any atom is -0.461 e. The van der Waals surface area contributed by atoms with E-state index in [1.807, 2.05) is 0 Å². The highest BCUT2D eigenvalue weighted by molar-refractivity contribution is 6.04. The Labute approximate surface area is 189 Å². The third-order valence-electron chi connectivity index (χ3n) is 8.47. The summed E-state index contributed by atoms with van der Waals surface area (Å²) in [5.74, 6) is 1.79. The van der Waals surface area contributed by atoms with Crippen LogP contribution in [-0.4, -0.2) is 24.1 Å². The van der Waals surface area contributed by atoms with E-state index in [0.29, 0.717) is 41.9 Å². The van der Waals surface area contributed by atoms with Crippen molar-refractivity contribution < 1.29 is 19.1 Å². The van der Waals surface area contributed by atoms with Crippen LogP contribution in [0.5, 0.6) is 0 Å². The fourth-order valence-corrected chi connectivity index (χ4v) is 6.11. The molecule has 0 aromatic rings. The van der Waals surface area contributed by atoms with E-state index in [0.717, 1.165) is 25.7 Å². The molecule has 0 spiro atoms. The van der Waals surface area contributed by atoms with Gasteiger partial charge in [-0.2, -0.15) is 0 Å². The van der Waals surface area contributed by atoms with Crippen molar-refractivity contribution in [1.29, 1.82) is 0 Å². The van der Waals surface area contributed by atoms with Gasteiger partial charge >= 0.3 is 11.9 Å². The van der Waals surface area contributed by atoms with Gasteiger partial charge in [0.15, 0.2) is 5.41 Å². The molecule has 0 aromatic heterocycles. The van der Waals surface area contributed by atoms with Crippen LogP contribution in [0.15, 0.2) is 12.7 Å². The van der Waals surface area contributed by atoms with Crippen LogP contribution < -0.4 is 0 Å². The van der Waals surface area contributed by atoms with Crippen molar-refractivity contribution in [3.05, 3.63) is 12.7 Å². The van der Waals surface area contributed by atoms with Crippen LogP contribution in [0.4, 0.5) is 0 Å². The van der Waals surface area contributed by atoms with Gasteiger partial charge in [0, 0.05) is 5.92 Å². The maximum atomic E-state index is 13.4. The third-order valence-corrected chi connectivity index (χ3v) is 8.47. The number of esters is 2. The SMILES string of the molecule is C=C[C@H]1CC1(C(=O)O[C@@H]1C[C@H](C)CC[C@H]1C(C)C)C(=O)O[C@@H]1C[C@H](C)CC[C@H]1C(C)C. The third kappa shape index (κ3) is 5.03. The second-order valence-corrected chi connectivity index (χ2v) is 11.6. The molecular weight excluding hydrogens is 388 g/mol. The van der Waals surface area contributed by atoms with Crippen molar-refractivity contribution >= 4 is 11.9 Å². The zero-order chi connectivity index (χ0) is 22.9. The first-order valence-corrected chi connectivity index (χ1v) is 12.6. The molecule has 0 bridgehead atoms. The first kappa shape index (κ1) is 24.3. The minimum absolute atomic E-state index is 0.106. The lowest BCUT2D eigenvalue weighted by molar-refractivity contribution is -0.178. The Balaban J connectivity index is 1.74. The van der Waals surface area contributed by atoms with Crippen LogP contribution in [0.25, 0.3) is 0 Å². The molecule has 4 heteroatoms. The summed E-state index contributed by atoms with van der Waals surface area (Å²) >= 11 is 0. The van der Waals surface area contributed by atoms with Gasteiger partial charge in [0.25, 0.3) is 0 Å². The van der Waals surface area contributed by atoms with Crippen LogP contribution in [0, 0.1) is 46.8 Å². The van der Waals surface area contributed by atoms with Crippen molar-refractivity contribution in [3.8, 4) is 0 Å². The molecule has 0 N–H and O–H groups in total. The molecule has 0 heterocycles. The van der Waals surface area contributed by atoms with E-state index in [9.17, 15) is 9.59 Å². The zero-order valence-electron chi connectivity index (χ0n) is 20.6. The summed E-state index contributed by atoms with van der Waals surface area (Å²) in [6, 6.07) is 0. The van der Waals surface area contributed by atoms with Crippen LogP contribution >= 0.6 is 0 Å². The normalized spacial score (nSPS) is 37.4. The van der Waals surface area contributed by atoms with Crippen molar-refractivity contribution in [2.75, 3.05) is 0 Å². The van der Waals surface area contributed by atoms with E-state index in [1.165, 1.54) is 12.8 Å². The van der Waals surface area contributed by atoms with E-state index >= 15 is 0 Å². The van der Waals surface area contributed by atoms with Gasteiger partial charge in [-0.05, 0) is 67.6 Å². The highest BCUT2D eigenvalue weighted by Gasteiger charge is 2.68. The van der Waals surface area contributed by atoms with E-state index in [4.69, 9.17) is 9.47 Å². The Morgan fingerprint density at radius 3 is 1.58 bits per heavy atom. The van der Waals surface area contributed by atoms with Gasteiger partial charge in [-0.1, -0.05) is 60.5 Å². The van der Waals surface area contributed by atoms with Gasteiger partial charge in [0.05, 0.1) is 0 Å². The van der Waals surface area contributed by atoms with Gasteiger partial charge in [-0.25, -0.2) is 0 Å². The van der Waals surface area contributed by atoms with E-state index in [-0.39, 0.29) is 30.1 Å². The second-order valence-electron chi connectivity index (χ2n) is 11.6. The number of carbonyl (C=O) groups excluding carboxylic acids is 2. The molecular formula is C27H44O4. The van der Waals surface area contributed by atoms with Crippen molar-refractivity contribution in [1.82, 2.24) is 0 Å². The molecule has 3 fully saturated rings. The van der Waals surface area contributed by atoms with Gasteiger partial charge in [0.1, 0.15) is 12.2 Å². The summed E-state index contributed by atoms with van der Waals surface area (Å²) in [7, 11) is 0. The molecule has 0 aromatic carbocycles. The molecule has 31 heavy (non-hydrogen) atoms. The molecule has 0 unspecified atom stereocenters. The summed E-state index contributed by atoms with van der Waals surface area (Å²) in [4.78, 5) is 26.9. The average molecular weight is 433 g/mol. The van der Waals surface area contributed by atoms with Crippen LogP contribution in [-0.2, 0) is 19.1 Å². The molecule has 0 radical (unpaired) electrons. The van der Waals surface area contributed by atoms with Crippen molar-refractivity contribution in [3.63, 3.8) is 0 Å². The molecule has 3 saturated carbocycles. The molecule has 3 aliphatic carbocycles. The Kier molecular flexibility index (Phi) is 7.58. The Hall–Kier alpha value is -1.32. The molecule has 3 aliphatic rings. The number of hydrogen-bond donors (Lipinski definition) is 0. The maximum absolute atomic E-state index is 13.4. The molecule has 0 saturated heterocycles. The van der Waals surface area contributed by atoms with Crippen LogP contribution in [0.2, 0.25) is 0 Å². The average Bonchev–Trinajstić information content (AvgIpc) is 3.44. The first-order chi connectivity index (χ1) is 14.6. The number of ether oxygens (including phenoxy) is 2. The molecule has 3 rings (SSSR count). The highest BCUT2D eigenvalue weighted by Crippen LogP contribution is 2.56. The summed E-state index contributed by atoms with van der Waals surface area (Å²) in [6.45, 7) is 17.1. The van der Waals surface area contributed by atoms with Gasteiger partial charge in [-0.15, -0.1) is 6.58 Å².